The highest BCUT2D eigenvalue weighted by Gasteiger charge is 2.10. The molecule has 0 aliphatic heterocycles. The third-order valence-corrected chi connectivity index (χ3v) is 2.09. The summed E-state index contributed by atoms with van der Waals surface area (Å²) < 4.78 is 5.21. The van der Waals surface area contributed by atoms with Crippen LogP contribution in [-0.4, -0.2) is 10.8 Å². The molecule has 0 bridgehead atoms. The summed E-state index contributed by atoms with van der Waals surface area (Å²) in [6, 6.07) is 9.49. The van der Waals surface area contributed by atoms with Gasteiger partial charge >= 0.3 is 0 Å². The Bertz CT molecular complexity index is 490. The molecule has 0 spiro atoms. The van der Waals surface area contributed by atoms with Gasteiger partial charge in [0.25, 0.3) is 0 Å². The van der Waals surface area contributed by atoms with Crippen molar-refractivity contribution in [3.8, 4) is 0 Å². The van der Waals surface area contributed by atoms with Crippen molar-refractivity contribution in [2.24, 2.45) is 10.8 Å². The molecular formula is C11H12N4O. The number of aliphatic imine (C=N–C) groups is 1. The second-order valence-corrected chi connectivity index (χ2v) is 3.21. The summed E-state index contributed by atoms with van der Waals surface area (Å²) in [5.41, 5.74) is 4.05. The van der Waals surface area contributed by atoms with Crippen molar-refractivity contribution in [1.82, 2.24) is 10.4 Å². The quantitative estimate of drug-likeness (QED) is 0.345. The number of hydrogen-bond acceptors (Lipinski definition) is 4. The van der Waals surface area contributed by atoms with Crippen LogP contribution in [0.3, 0.4) is 0 Å². The number of para-hydroxylation sites is 1. The van der Waals surface area contributed by atoms with E-state index in [9.17, 15) is 0 Å². The van der Waals surface area contributed by atoms with Crippen LogP contribution in [0.15, 0.2) is 46.1 Å². The first-order valence-corrected chi connectivity index (χ1v) is 4.82. The molecule has 5 nitrogen and oxygen atoms in total. The molecule has 5 heteroatoms. The summed E-state index contributed by atoms with van der Waals surface area (Å²) in [5.74, 6) is 6.42. The summed E-state index contributed by atoms with van der Waals surface area (Å²) >= 11 is 0. The molecule has 2 aromatic rings. The molecule has 0 atom stereocenters. The van der Waals surface area contributed by atoms with Gasteiger partial charge in [0.2, 0.25) is 0 Å². The predicted molar refractivity (Wildman–Crippen MR) is 61.2 cm³/mol. The van der Waals surface area contributed by atoms with Crippen molar-refractivity contribution in [3.63, 3.8) is 0 Å². The van der Waals surface area contributed by atoms with Crippen molar-refractivity contribution < 1.29 is 4.42 Å². The van der Waals surface area contributed by atoms with Gasteiger partial charge in [-0.3, -0.25) is 0 Å². The van der Waals surface area contributed by atoms with Gasteiger partial charge in [-0.05, 0) is 19.1 Å². The third-order valence-electron chi connectivity index (χ3n) is 2.09. The first-order valence-electron chi connectivity index (χ1n) is 4.82. The van der Waals surface area contributed by atoms with Crippen LogP contribution in [0.1, 0.15) is 11.5 Å². The Kier molecular flexibility index (Phi) is 2.98. The van der Waals surface area contributed by atoms with Crippen LogP contribution >= 0.6 is 0 Å². The van der Waals surface area contributed by atoms with Gasteiger partial charge in [-0.1, -0.05) is 18.2 Å². The minimum atomic E-state index is 0.459. The van der Waals surface area contributed by atoms with Crippen molar-refractivity contribution in [1.29, 1.82) is 0 Å². The number of nitrogens with zero attached hydrogens (tertiary/aromatic N) is 2. The number of aromatic nitrogens is 1. The summed E-state index contributed by atoms with van der Waals surface area (Å²) in [7, 11) is 0. The van der Waals surface area contributed by atoms with E-state index in [1.165, 1.54) is 6.39 Å². The Hall–Kier alpha value is -2.14. The standard InChI is InChI=1S/C11H12N4O/c1-8-10(16-7-13-8)11(15-12)14-9-5-3-2-4-6-9/h2-7H,12H2,1H3,(H,14,15). The summed E-state index contributed by atoms with van der Waals surface area (Å²) in [4.78, 5) is 8.31. The van der Waals surface area contributed by atoms with Crippen molar-refractivity contribution >= 4 is 11.5 Å². The highest BCUT2D eigenvalue weighted by atomic mass is 16.3. The van der Waals surface area contributed by atoms with E-state index in [4.69, 9.17) is 10.3 Å². The maximum absolute atomic E-state index is 5.41. The van der Waals surface area contributed by atoms with Crippen molar-refractivity contribution in [3.05, 3.63) is 48.2 Å². The van der Waals surface area contributed by atoms with Crippen molar-refractivity contribution in [2.45, 2.75) is 6.92 Å². The molecule has 0 saturated heterocycles. The number of rotatable bonds is 2. The van der Waals surface area contributed by atoms with Gasteiger partial charge in [0, 0.05) is 0 Å². The second-order valence-electron chi connectivity index (χ2n) is 3.21. The highest BCUT2D eigenvalue weighted by molar-refractivity contribution is 5.98. The largest absolute Gasteiger partial charge is 0.440 e. The van der Waals surface area contributed by atoms with Gasteiger partial charge in [-0.15, -0.1) is 0 Å². The zero-order chi connectivity index (χ0) is 11.4. The number of hydrazine groups is 1. The molecule has 1 aromatic carbocycles. The van der Waals surface area contributed by atoms with E-state index < -0.39 is 0 Å². The molecule has 1 aromatic heterocycles. The minimum Gasteiger partial charge on any atom is -0.440 e. The van der Waals surface area contributed by atoms with Gasteiger partial charge in [0.05, 0.1) is 11.4 Å². The van der Waals surface area contributed by atoms with Gasteiger partial charge in [0.1, 0.15) is 0 Å². The maximum atomic E-state index is 5.41. The zero-order valence-corrected chi connectivity index (χ0v) is 8.84. The number of benzene rings is 1. The van der Waals surface area contributed by atoms with E-state index in [0.717, 1.165) is 11.4 Å². The van der Waals surface area contributed by atoms with Crippen LogP contribution in [0.2, 0.25) is 0 Å². The number of nitrogens with one attached hydrogen (secondary N) is 1. The molecule has 1 heterocycles. The lowest BCUT2D eigenvalue weighted by atomic mass is 10.3. The van der Waals surface area contributed by atoms with Gasteiger partial charge < -0.3 is 9.84 Å². The lowest BCUT2D eigenvalue weighted by Crippen LogP contribution is -2.31. The van der Waals surface area contributed by atoms with Crippen LogP contribution in [-0.2, 0) is 0 Å². The first-order chi connectivity index (χ1) is 7.81. The molecule has 0 fully saturated rings. The van der Waals surface area contributed by atoms with Crippen molar-refractivity contribution in [2.75, 3.05) is 0 Å². The maximum Gasteiger partial charge on any atom is 0.193 e. The summed E-state index contributed by atoms with van der Waals surface area (Å²) in [6.07, 6.45) is 1.36. The SMILES string of the molecule is Cc1ncoc1C(=Nc1ccccc1)NN. The molecule has 0 amide bonds. The molecular weight excluding hydrogens is 204 g/mol. The fourth-order valence-electron chi connectivity index (χ4n) is 1.31. The first kappa shape index (κ1) is 10.4. The van der Waals surface area contributed by atoms with Gasteiger partial charge in [-0.25, -0.2) is 15.8 Å². The van der Waals surface area contributed by atoms with E-state index in [2.05, 4.69) is 15.4 Å². The molecule has 0 aliphatic carbocycles. The molecule has 82 valence electrons. The van der Waals surface area contributed by atoms with E-state index in [0.29, 0.717) is 11.6 Å². The Morgan fingerprint density at radius 2 is 2.12 bits per heavy atom. The Balaban J connectivity index is 2.37. The zero-order valence-electron chi connectivity index (χ0n) is 8.84. The van der Waals surface area contributed by atoms with E-state index in [1.54, 1.807) is 0 Å². The lowest BCUT2D eigenvalue weighted by Gasteiger charge is -2.02. The van der Waals surface area contributed by atoms with Crippen LogP contribution in [0.5, 0.6) is 0 Å². The van der Waals surface area contributed by atoms with Crippen LogP contribution < -0.4 is 11.3 Å². The monoisotopic (exact) mass is 216 g/mol. The molecule has 16 heavy (non-hydrogen) atoms. The number of amidine groups is 1. The summed E-state index contributed by atoms with van der Waals surface area (Å²) in [5, 5.41) is 0. The topological polar surface area (TPSA) is 76.4 Å². The highest BCUT2D eigenvalue weighted by Crippen LogP contribution is 2.13. The molecule has 0 radical (unpaired) electrons. The molecule has 2 rings (SSSR count). The Labute approximate surface area is 93.0 Å². The van der Waals surface area contributed by atoms with E-state index in [-0.39, 0.29) is 0 Å². The minimum absolute atomic E-state index is 0.459. The van der Waals surface area contributed by atoms with Gasteiger partial charge in [0.15, 0.2) is 18.0 Å². The van der Waals surface area contributed by atoms with E-state index in [1.807, 2.05) is 37.3 Å². The van der Waals surface area contributed by atoms with E-state index >= 15 is 0 Å². The Morgan fingerprint density at radius 1 is 1.38 bits per heavy atom. The average molecular weight is 216 g/mol. The summed E-state index contributed by atoms with van der Waals surface area (Å²) in [6.45, 7) is 1.83. The number of aryl methyl sites for hydroxylation is 1. The fourth-order valence-corrected chi connectivity index (χ4v) is 1.31. The fraction of sp³-hybridized carbons (Fsp3) is 0.0909. The Morgan fingerprint density at radius 3 is 2.69 bits per heavy atom. The van der Waals surface area contributed by atoms with Crippen LogP contribution in [0.4, 0.5) is 5.69 Å². The van der Waals surface area contributed by atoms with Crippen LogP contribution in [0.25, 0.3) is 0 Å². The lowest BCUT2D eigenvalue weighted by molar-refractivity contribution is 0.544. The smallest absolute Gasteiger partial charge is 0.193 e. The normalized spacial score (nSPS) is 11.5. The molecule has 0 saturated carbocycles. The van der Waals surface area contributed by atoms with Gasteiger partial charge in [-0.2, -0.15) is 0 Å². The third kappa shape index (κ3) is 2.09. The molecule has 0 aliphatic rings. The predicted octanol–water partition coefficient (Wildman–Crippen LogP) is 1.52. The number of oxazole rings is 1. The second kappa shape index (κ2) is 4.59. The number of hydrogen-bond donors (Lipinski definition) is 2. The molecule has 0 unspecified atom stereocenters. The average Bonchev–Trinajstić information content (AvgIpc) is 2.74. The number of nitrogens with two attached hydrogens (primary N) is 1. The van der Waals surface area contributed by atoms with Crippen LogP contribution in [0, 0.1) is 6.92 Å². The molecule has 3 N–H and O–H groups in total.